The summed E-state index contributed by atoms with van der Waals surface area (Å²) in [5, 5.41) is 5.06. The van der Waals surface area contributed by atoms with E-state index in [-0.39, 0.29) is 9.79 Å². The zero-order valence-corrected chi connectivity index (χ0v) is 17.7. The third kappa shape index (κ3) is 3.25. The molecular weight excluding hydrogens is 396 g/mol. The Balaban J connectivity index is 1.93. The van der Waals surface area contributed by atoms with Crippen LogP contribution >= 0.6 is 11.8 Å². The van der Waals surface area contributed by atoms with E-state index in [0.29, 0.717) is 10.7 Å². The van der Waals surface area contributed by atoms with Gasteiger partial charge in [-0.2, -0.15) is 9.61 Å². The van der Waals surface area contributed by atoms with Gasteiger partial charge in [-0.15, -0.1) is 11.8 Å². The largest absolute Gasteiger partial charge is 0.354 e. The second-order valence-electron chi connectivity index (χ2n) is 6.81. The molecule has 0 bridgehead atoms. The molecule has 0 aromatic carbocycles. The Morgan fingerprint density at radius 2 is 1.93 bits per heavy atom. The molecule has 0 radical (unpaired) electrons. The molecule has 0 amide bonds. The summed E-state index contributed by atoms with van der Waals surface area (Å²) in [7, 11) is -1.69. The number of sulfone groups is 1. The number of nitrogens with zero attached hydrogens (tertiary/aromatic N) is 6. The van der Waals surface area contributed by atoms with Gasteiger partial charge in [0, 0.05) is 50.3 Å². The van der Waals surface area contributed by atoms with Crippen molar-refractivity contribution in [2.75, 3.05) is 44.4 Å². The van der Waals surface area contributed by atoms with Crippen LogP contribution in [0.15, 0.2) is 45.4 Å². The number of hydrogen-bond donors (Lipinski definition) is 0. The number of pyridine rings is 1. The first-order valence-electron chi connectivity index (χ1n) is 8.95. The van der Waals surface area contributed by atoms with Crippen LogP contribution in [-0.2, 0) is 9.84 Å². The molecule has 1 fully saturated rings. The van der Waals surface area contributed by atoms with Crippen LogP contribution in [0.1, 0.15) is 5.69 Å². The number of aromatic nitrogens is 4. The predicted molar refractivity (Wildman–Crippen MR) is 109 cm³/mol. The number of likely N-dealkylation sites (N-methyl/N-ethyl adjacent to an activating group) is 1. The molecular formula is C18H22N6O2S2. The molecule has 3 aromatic rings. The third-order valence-electron chi connectivity index (χ3n) is 4.86. The first-order chi connectivity index (χ1) is 13.4. The molecule has 4 rings (SSSR count). The zero-order chi connectivity index (χ0) is 19.9. The van der Waals surface area contributed by atoms with E-state index in [2.05, 4.69) is 31.9 Å². The maximum absolute atomic E-state index is 13.4. The highest BCUT2D eigenvalue weighted by atomic mass is 32.2. The molecule has 0 unspecified atom stereocenters. The fraction of sp³-hybridized carbons (Fsp3) is 0.389. The Bertz CT molecular complexity index is 1110. The van der Waals surface area contributed by atoms with Crippen LogP contribution in [0.4, 0.5) is 5.82 Å². The van der Waals surface area contributed by atoms with E-state index in [4.69, 9.17) is 0 Å². The van der Waals surface area contributed by atoms with Crippen molar-refractivity contribution in [1.82, 2.24) is 24.5 Å². The molecule has 3 aromatic heterocycles. The maximum Gasteiger partial charge on any atom is 0.214 e. The van der Waals surface area contributed by atoms with Crippen LogP contribution in [0.2, 0.25) is 0 Å². The third-order valence-corrected chi connectivity index (χ3v) is 7.44. The average molecular weight is 419 g/mol. The molecule has 0 atom stereocenters. The van der Waals surface area contributed by atoms with E-state index >= 15 is 0 Å². The molecule has 0 spiro atoms. The lowest BCUT2D eigenvalue weighted by atomic mass is 10.3. The summed E-state index contributed by atoms with van der Waals surface area (Å²) < 4.78 is 28.4. The smallest absolute Gasteiger partial charge is 0.214 e. The van der Waals surface area contributed by atoms with E-state index in [1.807, 2.05) is 19.2 Å². The average Bonchev–Trinajstić information content (AvgIpc) is 3.08. The number of rotatable bonds is 4. The standard InChI is InChI=1S/C18H22N6O2S2/c1-13-11-15(23-9-7-22(2)8-10-23)24-17(20-13)16(18(21-24)27-3)28(25,26)14-5-4-6-19-12-14/h4-6,11-12H,7-10H2,1-3H3. The lowest BCUT2D eigenvalue weighted by Crippen LogP contribution is -2.45. The van der Waals surface area contributed by atoms with E-state index in [0.717, 1.165) is 37.7 Å². The van der Waals surface area contributed by atoms with Crippen molar-refractivity contribution < 1.29 is 8.42 Å². The van der Waals surface area contributed by atoms with Gasteiger partial charge in [0.15, 0.2) is 10.5 Å². The Morgan fingerprint density at radius 3 is 2.57 bits per heavy atom. The van der Waals surface area contributed by atoms with Crippen molar-refractivity contribution in [3.8, 4) is 0 Å². The fourth-order valence-electron chi connectivity index (χ4n) is 3.33. The van der Waals surface area contributed by atoms with Crippen molar-refractivity contribution in [1.29, 1.82) is 0 Å². The predicted octanol–water partition coefficient (Wildman–Crippen LogP) is 1.74. The molecule has 0 saturated carbocycles. The van der Waals surface area contributed by atoms with Crippen LogP contribution in [0.5, 0.6) is 0 Å². The molecule has 28 heavy (non-hydrogen) atoms. The molecule has 4 heterocycles. The van der Waals surface area contributed by atoms with Crippen molar-refractivity contribution in [2.24, 2.45) is 0 Å². The van der Waals surface area contributed by atoms with E-state index < -0.39 is 9.84 Å². The van der Waals surface area contributed by atoms with Gasteiger partial charge in [0.25, 0.3) is 0 Å². The van der Waals surface area contributed by atoms with Crippen molar-refractivity contribution in [3.05, 3.63) is 36.3 Å². The van der Waals surface area contributed by atoms with Gasteiger partial charge in [-0.25, -0.2) is 13.4 Å². The van der Waals surface area contributed by atoms with Crippen molar-refractivity contribution >= 4 is 33.1 Å². The van der Waals surface area contributed by atoms with Gasteiger partial charge in [-0.1, -0.05) is 0 Å². The van der Waals surface area contributed by atoms with E-state index in [1.54, 1.807) is 22.8 Å². The van der Waals surface area contributed by atoms with Crippen molar-refractivity contribution in [3.63, 3.8) is 0 Å². The van der Waals surface area contributed by atoms with E-state index in [1.165, 1.54) is 18.0 Å². The van der Waals surface area contributed by atoms with Crippen LogP contribution in [0, 0.1) is 6.92 Å². The van der Waals surface area contributed by atoms with E-state index in [9.17, 15) is 8.42 Å². The lowest BCUT2D eigenvalue weighted by molar-refractivity contribution is 0.311. The summed E-state index contributed by atoms with van der Waals surface area (Å²) in [6, 6.07) is 5.13. The first kappa shape index (κ1) is 19.2. The van der Waals surface area contributed by atoms with Crippen LogP contribution in [0.3, 0.4) is 0 Å². The SMILES string of the molecule is CSc1nn2c(N3CCN(C)CC3)cc(C)nc2c1S(=O)(=O)c1cccnc1. The minimum Gasteiger partial charge on any atom is -0.354 e. The lowest BCUT2D eigenvalue weighted by Gasteiger charge is -2.34. The minimum atomic E-state index is -3.79. The second kappa shape index (κ2) is 7.34. The minimum absolute atomic E-state index is 0.143. The Hall–Kier alpha value is -2.17. The molecule has 148 valence electrons. The number of hydrogen-bond acceptors (Lipinski definition) is 8. The summed E-state index contributed by atoms with van der Waals surface area (Å²) in [4.78, 5) is 13.3. The molecule has 10 heteroatoms. The molecule has 1 aliphatic heterocycles. The highest BCUT2D eigenvalue weighted by Crippen LogP contribution is 2.34. The van der Waals surface area contributed by atoms with Gasteiger partial charge in [0.1, 0.15) is 10.8 Å². The van der Waals surface area contributed by atoms with Gasteiger partial charge in [-0.3, -0.25) is 4.98 Å². The molecule has 1 saturated heterocycles. The number of anilines is 1. The Morgan fingerprint density at radius 1 is 1.18 bits per heavy atom. The summed E-state index contributed by atoms with van der Waals surface area (Å²) in [6.07, 6.45) is 4.74. The quantitative estimate of drug-likeness (QED) is 0.593. The summed E-state index contributed by atoms with van der Waals surface area (Å²) >= 11 is 1.31. The number of piperazine rings is 1. The first-order valence-corrected chi connectivity index (χ1v) is 11.7. The highest BCUT2D eigenvalue weighted by Gasteiger charge is 2.30. The maximum atomic E-state index is 13.4. The highest BCUT2D eigenvalue weighted by molar-refractivity contribution is 7.99. The van der Waals surface area contributed by atoms with Crippen LogP contribution in [0.25, 0.3) is 5.65 Å². The summed E-state index contributed by atoms with van der Waals surface area (Å²) in [5.41, 5.74) is 1.12. The van der Waals surface area contributed by atoms with Crippen molar-refractivity contribution in [2.45, 2.75) is 21.7 Å². The Kier molecular flexibility index (Phi) is 5.02. The van der Waals surface area contributed by atoms with Gasteiger partial charge >= 0.3 is 0 Å². The number of thioether (sulfide) groups is 1. The van der Waals surface area contributed by atoms with Gasteiger partial charge in [-0.05, 0) is 32.4 Å². The van der Waals surface area contributed by atoms with Gasteiger partial charge < -0.3 is 9.80 Å². The molecule has 8 nitrogen and oxygen atoms in total. The van der Waals surface area contributed by atoms with Gasteiger partial charge in [0.05, 0.1) is 4.90 Å². The normalized spacial score (nSPS) is 16.0. The molecule has 0 N–H and O–H groups in total. The van der Waals surface area contributed by atoms with Gasteiger partial charge in [0.2, 0.25) is 9.84 Å². The zero-order valence-electron chi connectivity index (χ0n) is 16.0. The topological polar surface area (TPSA) is 83.7 Å². The fourth-order valence-corrected chi connectivity index (χ4v) is 5.69. The summed E-state index contributed by atoms with van der Waals surface area (Å²) in [6.45, 7) is 5.48. The molecule has 1 aliphatic rings. The van der Waals surface area contributed by atoms with Crippen LogP contribution in [-0.4, -0.2) is 72.4 Å². The number of aryl methyl sites for hydroxylation is 1. The second-order valence-corrected chi connectivity index (χ2v) is 9.49. The summed E-state index contributed by atoms with van der Waals surface area (Å²) in [5.74, 6) is 0.874. The van der Waals surface area contributed by atoms with Crippen LogP contribution < -0.4 is 4.90 Å². The number of fused-ring (bicyclic) bond motifs is 1. The Labute approximate surface area is 168 Å². The molecule has 0 aliphatic carbocycles. The monoisotopic (exact) mass is 418 g/mol.